The zero-order valence-electron chi connectivity index (χ0n) is 12.4. The van der Waals surface area contributed by atoms with Gasteiger partial charge < -0.3 is 0 Å². The molecule has 0 radical (unpaired) electrons. The van der Waals surface area contributed by atoms with Crippen LogP contribution in [-0.2, 0) is 14.8 Å². The van der Waals surface area contributed by atoms with E-state index in [9.17, 15) is 22.4 Å². The minimum atomic E-state index is -3.99. The normalized spacial score (nSPS) is 12.4. The fraction of sp³-hybridized carbons (Fsp3) is 0.143. The van der Waals surface area contributed by atoms with Crippen molar-refractivity contribution in [3.8, 4) is 0 Å². The molecule has 0 aliphatic carbocycles. The Balaban J connectivity index is 1.93. The summed E-state index contributed by atoms with van der Waals surface area (Å²) in [6.45, 7) is 1.31. The molecular weight excluding hydrogens is 357 g/mol. The molecule has 1 heterocycles. The second-order valence-corrected chi connectivity index (χ2v) is 7.38. The standard InChI is InChI=1S/C14H14FN3O4S2/c1-9(13(19)16-17-14(20)12-3-2-8-23-12)18-24(21,22)11-6-4-10(15)5-7-11/h2-9,18H,1H3,(H,16,19)(H,17,20)/t9-/m0/s1. The highest BCUT2D eigenvalue weighted by Gasteiger charge is 2.22. The molecule has 1 aromatic heterocycles. The summed E-state index contributed by atoms with van der Waals surface area (Å²) in [4.78, 5) is 23.8. The first kappa shape index (κ1) is 18.0. The van der Waals surface area contributed by atoms with E-state index in [1.165, 1.54) is 18.3 Å². The van der Waals surface area contributed by atoms with Crippen molar-refractivity contribution in [2.75, 3.05) is 0 Å². The third kappa shape index (κ3) is 4.60. The Morgan fingerprint density at radius 2 is 1.79 bits per heavy atom. The van der Waals surface area contributed by atoms with Gasteiger partial charge in [-0.2, -0.15) is 4.72 Å². The Kier molecular flexibility index (Phi) is 5.65. The number of hydrogen-bond acceptors (Lipinski definition) is 5. The molecule has 0 aliphatic heterocycles. The van der Waals surface area contributed by atoms with Crippen molar-refractivity contribution in [2.24, 2.45) is 0 Å². The lowest BCUT2D eigenvalue weighted by molar-refractivity contribution is -0.123. The van der Waals surface area contributed by atoms with Crippen molar-refractivity contribution in [2.45, 2.75) is 17.9 Å². The third-order valence-electron chi connectivity index (χ3n) is 2.89. The van der Waals surface area contributed by atoms with Gasteiger partial charge in [0.25, 0.3) is 11.8 Å². The molecule has 10 heteroatoms. The summed E-state index contributed by atoms with van der Waals surface area (Å²) in [6.07, 6.45) is 0. The lowest BCUT2D eigenvalue weighted by Crippen LogP contribution is -2.50. The highest BCUT2D eigenvalue weighted by molar-refractivity contribution is 7.89. The van der Waals surface area contributed by atoms with Gasteiger partial charge in [-0.05, 0) is 42.6 Å². The second kappa shape index (κ2) is 7.51. The lowest BCUT2D eigenvalue weighted by atomic mass is 10.3. The predicted octanol–water partition coefficient (Wildman–Crippen LogP) is 1.02. The minimum Gasteiger partial charge on any atom is -0.271 e. The van der Waals surface area contributed by atoms with Crippen LogP contribution < -0.4 is 15.6 Å². The molecule has 2 aromatic rings. The van der Waals surface area contributed by atoms with Crippen molar-refractivity contribution in [3.63, 3.8) is 0 Å². The summed E-state index contributed by atoms with van der Waals surface area (Å²) in [7, 11) is -3.99. The topological polar surface area (TPSA) is 104 Å². The number of carbonyl (C=O) groups is 2. The average Bonchev–Trinajstić information content (AvgIpc) is 3.06. The molecule has 0 fully saturated rings. The van der Waals surface area contributed by atoms with Gasteiger partial charge in [-0.1, -0.05) is 6.07 Å². The zero-order chi connectivity index (χ0) is 17.7. The summed E-state index contributed by atoms with van der Waals surface area (Å²) in [5.74, 6) is -1.83. The highest BCUT2D eigenvalue weighted by Crippen LogP contribution is 2.10. The molecule has 2 rings (SSSR count). The van der Waals surface area contributed by atoms with Gasteiger partial charge in [0.15, 0.2) is 0 Å². The first-order chi connectivity index (χ1) is 11.3. The predicted molar refractivity (Wildman–Crippen MR) is 86.1 cm³/mol. The third-order valence-corrected chi connectivity index (χ3v) is 5.32. The maximum atomic E-state index is 12.8. The van der Waals surface area contributed by atoms with Crippen LogP contribution in [0.1, 0.15) is 16.6 Å². The number of halogens is 1. The van der Waals surface area contributed by atoms with E-state index in [2.05, 4.69) is 15.6 Å². The van der Waals surface area contributed by atoms with Gasteiger partial charge in [0.05, 0.1) is 15.8 Å². The molecule has 7 nitrogen and oxygen atoms in total. The van der Waals surface area contributed by atoms with E-state index in [1.54, 1.807) is 17.5 Å². The van der Waals surface area contributed by atoms with E-state index in [0.29, 0.717) is 4.88 Å². The number of benzene rings is 1. The zero-order valence-corrected chi connectivity index (χ0v) is 14.1. The van der Waals surface area contributed by atoms with Crippen LogP contribution in [0.3, 0.4) is 0 Å². The molecule has 128 valence electrons. The van der Waals surface area contributed by atoms with Crippen LogP contribution in [0.4, 0.5) is 4.39 Å². The number of thiophene rings is 1. The minimum absolute atomic E-state index is 0.175. The molecule has 0 aliphatic rings. The molecule has 0 unspecified atom stereocenters. The molecule has 0 saturated heterocycles. The van der Waals surface area contributed by atoms with Crippen LogP contribution >= 0.6 is 11.3 Å². The highest BCUT2D eigenvalue weighted by atomic mass is 32.2. The van der Waals surface area contributed by atoms with Crippen molar-refractivity contribution >= 4 is 33.2 Å². The summed E-state index contributed by atoms with van der Waals surface area (Å²) < 4.78 is 39.1. The fourth-order valence-electron chi connectivity index (χ4n) is 1.66. The van der Waals surface area contributed by atoms with Gasteiger partial charge in [0, 0.05) is 0 Å². The van der Waals surface area contributed by atoms with E-state index in [4.69, 9.17) is 0 Å². The van der Waals surface area contributed by atoms with Gasteiger partial charge >= 0.3 is 0 Å². The number of sulfonamides is 1. The molecule has 0 bridgehead atoms. The number of rotatable bonds is 5. The van der Waals surface area contributed by atoms with Crippen LogP contribution in [0.2, 0.25) is 0 Å². The average molecular weight is 371 g/mol. The lowest BCUT2D eigenvalue weighted by Gasteiger charge is -2.14. The van der Waals surface area contributed by atoms with Crippen molar-refractivity contribution in [3.05, 3.63) is 52.5 Å². The number of hydrazine groups is 1. The molecule has 2 amide bonds. The van der Waals surface area contributed by atoms with E-state index in [1.807, 2.05) is 0 Å². The van der Waals surface area contributed by atoms with Gasteiger partial charge in [-0.15, -0.1) is 11.3 Å². The Morgan fingerprint density at radius 1 is 1.12 bits per heavy atom. The molecule has 24 heavy (non-hydrogen) atoms. The number of carbonyl (C=O) groups excluding carboxylic acids is 2. The molecule has 1 aromatic carbocycles. The van der Waals surface area contributed by atoms with E-state index in [0.717, 1.165) is 24.3 Å². The van der Waals surface area contributed by atoms with E-state index >= 15 is 0 Å². The first-order valence-corrected chi connectivity index (χ1v) is 9.07. The fourth-order valence-corrected chi connectivity index (χ4v) is 3.49. The van der Waals surface area contributed by atoms with Crippen molar-refractivity contribution < 1.29 is 22.4 Å². The summed E-state index contributed by atoms with van der Waals surface area (Å²) >= 11 is 1.19. The summed E-state index contributed by atoms with van der Waals surface area (Å²) in [5.41, 5.74) is 4.32. The van der Waals surface area contributed by atoms with Gasteiger partial charge in [0.1, 0.15) is 5.82 Å². The molecule has 1 atom stereocenters. The largest absolute Gasteiger partial charge is 0.279 e. The van der Waals surface area contributed by atoms with E-state index in [-0.39, 0.29) is 4.90 Å². The van der Waals surface area contributed by atoms with Crippen LogP contribution in [-0.4, -0.2) is 26.3 Å². The van der Waals surface area contributed by atoms with Crippen molar-refractivity contribution in [1.82, 2.24) is 15.6 Å². The Labute approximate surface area is 141 Å². The van der Waals surface area contributed by atoms with Crippen LogP contribution in [0.25, 0.3) is 0 Å². The molecule has 0 saturated carbocycles. The van der Waals surface area contributed by atoms with Crippen LogP contribution in [0, 0.1) is 5.82 Å². The first-order valence-electron chi connectivity index (χ1n) is 6.71. The number of amides is 2. The SMILES string of the molecule is C[C@H](NS(=O)(=O)c1ccc(F)cc1)C(=O)NNC(=O)c1cccs1. The monoisotopic (exact) mass is 371 g/mol. The molecule has 0 spiro atoms. The smallest absolute Gasteiger partial charge is 0.271 e. The van der Waals surface area contributed by atoms with Gasteiger partial charge in [-0.3, -0.25) is 20.4 Å². The number of hydrogen-bond donors (Lipinski definition) is 3. The Hall–Kier alpha value is -2.30. The van der Waals surface area contributed by atoms with Gasteiger partial charge in [0.2, 0.25) is 10.0 Å². The maximum Gasteiger partial charge on any atom is 0.279 e. The van der Waals surface area contributed by atoms with Crippen molar-refractivity contribution in [1.29, 1.82) is 0 Å². The quantitative estimate of drug-likeness (QED) is 0.683. The molecular formula is C14H14FN3O4S2. The second-order valence-electron chi connectivity index (χ2n) is 4.72. The van der Waals surface area contributed by atoms with E-state index < -0.39 is 33.7 Å². The van der Waals surface area contributed by atoms with Crippen LogP contribution in [0.15, 0.2) is 46.7 Å². The Morgan fingerprint density at radius 3 is 2.38 bits per heavy atom. The Bertz CT molecular complexity index is 820. The summed E-state index contributed by atoms with van der Waals surface area (Å²) in [6, 6.07) is 6.28. The summed E-state index contributed by atoms with van der Waals surface area (Å²) in [5, 5.41) is 1.70. The van der Waals surface area contributed by atoms with Crippen LogP contribution in [0.5, 0.6) is 0 Å². The van der Waals surface area contributed by atoms with Gasteiger partial charge in [-0.25, -0.2) is 12.8 Å². The molecule has 3 N–H and O–H groups in total. The maximum absolute atomic E-state index is 12.8. The number of nitrogens with one attached hydrogen (secondary N) is 3.